The molecule has 1 heterocycles. The highest BCUT2D eigenvalue weighted by molar-refractivity contribution is 6.04. The van der Waals surface area contributed by atoms with Crippen LogP contribution in [0.25, 0.3) is 0 Å². The summed E-state index contributed by atoms with van der Waals surface area (Å²) in [5.74, 6) is -0.337. The minimum absolute atomic E-state index is 0.165. The summed E-state index contributed by atoms with van der Waals surface area (Å²) in [6.07, 6.45) is 0.802. The molecule has 0 aromatic heterocycles. The molecule has 0 unspecified atom stereocenters. The summed E-state index contributed by atoms with van der Waals surface area (Å²) in [4.78, 5) is 41.8. The Labute approximate surface area is 149 Å². The van der Waals surface area contributed by atoms with E-state index in [-0.39, 0.29) is 11.8 Å². The molecular weight excluding hydrogens is 318 g/mol. The van der Waals surface area contributed by atoms with Gasteiger partial charge in [0.1, 0.15) is 5.41 Å². The van der Waals surface area contributed by atoms with E-state index >= 15 is 0 Å². The van der Waals surface area contributed by atoms with Gasteiger partial charge in [-0.05, 0) is 26.3 Å². The molecule has 0 bridgehead atoms. The first-order chi connectivity index (χ1) is 11.9. The first-order valence-corrected chi connectivity index (χ1v) is 8.72. The summed E-state index contributed by atoms with van der Waals surface area (Å²) >= 11 is 0. The van der Waals surface area contributed by atoms with Gasteiger partial charge in [0, 0.05) is 39.3 Å². The molecule has 0 radical (unpaired) electrons. The molecule has 0 saturated carbocycles. The second-order valence-electron chi connectivity index (χ2n) is 6.86. The third-order valence-corrected chi connectivity index (χ3v) is 4.71. The number of carbonyl (C=O) groups excluding carboxylic acids is 3. The van der Waals surface area contributed by atoms with Crippen LogP contribution in [0.15, 0.2) is 30.3 Å². The Morgan fingerprint density at radius 3 is 2.24 bits per heavy atom. The fourth-order valence-corrected chi connectivity index (χ4v) is 3.04. The minimum atomic E-state index is -1.12. The summed E-state index contributed by atoms with van der Waals surface area (Å²) in [6.45, 7) is 8.31. The number of nitrogens with zero attached hydrogens (tertiary/aromatic N) is 3. The molecule has 0 aliphatic carbocycles. The second-order valence-corrected chi connectivity index (χ2v) is 6.86. The third kappa shape index (κ3) is 4.38. The average molecular weight is 345 g/mol. The zero-order valence-electron chi connectivity index (χ0n) is 15.3. The van der Waals surface area contributed by atoms with Crippen LogP contribution in [0.4, 0.5) is 0 Å². The van der Waals surface area contributed by atoms with Gasteiger partial charge in [-0.25, -0.2) is 0 Å². The van der Waals surface area contributed by atoms with Gasteiger partial charge in [0.25, 0.3) is 0 Å². The third-order valence-electron chi connectivity index (χ3n) is 4.71. The lowest BCUT2D eigenvalue weighted by atomic mass is 9.89. The highest BCUT2D eigenvalue weighted by Crippen LogP contribution is 2.24. The van der Waals surface area contributed by atoms with Crippen LogP contribution in [-0.2, 0) is 20.9 Å². The summed E-state index contributed by atoms with van der Waals surface area (Å²) in [7, 11) is 0. The summed E-state index contributed by atoms with van der Waals surface area (Å²) < 4.78 is 0. The number of hydrogen-bond acceptors (Lipinski definition) is 3. The van der Waals surface area contributed by atoms with Crippen LogP contribution in [0.1, 0.15) is 26.3 Å². The Kier molecular flexibility index (Phi) is 6.17. The minimum Gasteiger partial charge on any atom is -0.342 e. The molecule has 0 spiro atoms. The largest absolute Gasteiger partial charge is 0.342 e. The topological polar surface area (TPSA) is 60.9 Å². The van der Waals surface area contributed by atoms with Crippen molar-refractivity contribution in [3.05, 3.63) is 35.9 Å². The molecule has 25 heavy (non-hydrogen) atoms. The lowest BCUT2D eigenvalue weighted by Gasteiger charge is -2.38. The normalized spacial score (nSPS) is 15.0. The van der Waals surface area contributed by atoms with Gasteiger partial charge >= 0.3 is 0 Å². The first-order valence-electron chi connectivity index (χ1n) is 8.72. The van der Waals surface area contributed by atoms with E-state index in [4.69, 9.17) is 0 Å². The quantitative estimate of drug-likeness (QED) is 0.578. The summed E-state index contributed by atoms with van der Waals surface area (Å²) in [5, 5.41) is 0. The van der Waals surface area contributed by atoms with Gasteiger partial charge in [-0.2, -0.15) is 0 Å². The number of amides is 3. The Morgan fingerprint density at radius 2 is 1.72 bits per heavy atom. The fraction of sp³-hybridized carbons (Fsp3) is 0.526. The maximum absolute atomic E-state index is 13.0. The van der Waals surface area contributed by atoms with E-state index in [1.54, 1.807) is 28.5 Å². The van der Waals surface area contributed by atoms with Gasteiger partial charge in [-0.15, -0.1) is 0 Å². The predicted molar refractivity (Wildman–Crippen MR) is 95.5 cm³/mol. The van der Waals surface area contributed by atoms with Gasteiger partial charge in [-0.1, -0.05) is 30.3 Å². The van der Waals surface area contributed by atoms with Crippen molar-refractivity contribution >= 4 is 18.2 Å². The molecule has 1 aliphatic rings. The molecule has 3 amide bonds. The zero-order chi connectivity index (χ0) is 18.4. The lowest BCUT2D eigenvalue weighted by molar-refractivity contribution is -0.156. The number of hydrogen-bond donors (Lipinski definition) is 0. The van der Waals surface area contributed by atoms with Crippen molar-refractivity contribution in [2.75, 3.05) is 32.7 Å². The molecule has 1 aliphatic heterocycles. The number of rotatable bonds is 6. The highest BCUT2D eigenvalue weighted by atomic mass is 16.2. The Morgan fingerprint density at radius 1 is 1.12 bits per heavy atom. The number of piperazine rings is 1. The molecule has 1 aromatic rings. The number of benzene rings is 1. The number of carbonyl (C=O) groups is 3. The van der Waals surface area contributed by atoms with Crippen LogP contribution in [0, 0.1) is 5.41 Å². The van der Waals surface area contributed by atoms with Crippen molar-refractivity contribution < 1.29 is 14.4 Å². The Hall–Kier alpha value is -2.37. The van der Waals surface area contributed by atoms with Crippen LogP contribution >= 0.6 is 0 Å². The van der Waals surface area contributed by atoms with Crippen molar-refractivity contribution in [2.24, 2.45) is 5.41 Å². The van der Waals surface area contributed by atoms with E-state index in [2.05, 4.69) is 0 Å². The van der Waals surface area contributed by atoms with Gasteiger partial charge in [0.15, 0.2) is 0 Å². The molecule has 1 aromatic carbocycles. The molecule has 6 heteroatoms. The van der Waals surface area contributed by atoms with Crippen molar-refractivity contribution in [2.45, 2.75) is 27.3 Å². The van der Waals surface area contributed by atoms with Gasteiger partial charge < -0.3 is 14.7 Å². The van der Waals surface area contributed by atoms with Crippen LogP contribution in [0.3, 0.4) is 0 Å². The Balaban J connectivity index is 2.06. The maximum atomic E-state index is 13.0. The molecule has 0 atom stereocenters. The molecule has 1 fully saturated rings. The monoisotopic (exact) mass is 345 g/mol. The maximum Gasteiger partial charge on any atom is 0.237 e. The van der Waals surface area contributed by atoms with Crippen LogP contribution in [0.2, 0.25) is 0 Å². The fourth-order valence-electron chi connectivity index (χ4n) is 3.04. The SMILES string of the molecule is CCN(Cc1ccccc1)C(=O)C(C)(C)C(=O)N1CCN(C=O)CC1. The van der Waals surface area contributed by atoms with E-state index < -0.39 is 5.41 Å². The standard InChI is InChI=1S/C19H27N3O3/c1-4-21(14-16-8-6-5-7-9-16)17(24)19(2,3)18(25)22-12-10-20(15-23)11-13-22/h5-9,15H,4,10-14H2,1-3H3. The van der Waals surface area contributed by atoms with Crippen LogP contribution < -0.4 is 0 Å². The van der Waals surface area contributed by atoms with Crippen molar-refractivity contribution in [1.29, 1.82) is 0 Å². The first kappa shape index (κ1) is 19.0. The van der Waals surface area contributed by atoms with Crippen molar-refractivity contribution in [1.82, 2.24) is 14.7 Å². The second kappa shape index (κ2) is 8.14. The molecule has 136 valence electrons. The molecular formula is C19H27N3O3. The lowest BCUT2D eigenvalue weighted by Crippen LogP contribution is -2.55. The zero-order valence-corrected chi connectivity index (χ0v) is 15.3. The van der Waals surface area contributed by atoms with Crippen LogP contribution in [0.5, 0.6) is 0 Å². The van der Waals surface area contributed by atoms with Crippen molar-refractivity contribution in [3.8, 4) is 0 Å². The van der Waals surface area contributed by atoms with Gasteiger partial charge in [0.05, 0.1) is 0 Å². The summed E-state index contributed by atoms with van der Waals surface area (Å²) in [5.41, 5.74) is -0.0748. The predicted octanol–water partition coefficient (Wildman–Crippen LogP) is 1.36. The summed E-state index contributed by atoms with van der Waals surface area (Å²) in [6, 6.07) is 9.77. The van der Waals surface area contributed by atoms with Crippen molar-refractivity contribution in [3.63, 3.8) is 0 Å². The van der Waals surface area contributed by atoms with Gasteiger partial charge in [-0.3, -0.25) is 14.4 Å². The average Bonchev–Trinajstić information content (AvgIpc) is 2.65. The highest BCUT2D eigenvalue weighted by Gasteiger charge is 2.42. The molecule has 0 N–H and O–H groups in total. The van der Waals surface area contributed by atoms with E-state index in [1.165, 1.54) is 0 Å². The molecule has 1 saturated heterocycles. The van der Waals surface area contributed by atoms with E-state index in [1.807, 2.05) is 37.3 Å². The molecule has 6 nitrogen and oxygen atoms in total. The van der Waals surface area contributed by atoms with E-state index in [0.717, 1.165) is 12.0 Å². The Bertz CT molecular complexity index is 608. The molecule has 2 rings (SSSR count). The van der Waals surface area contributed by atoms with Gasteiger partial charge in [0.2, 0.25) is 18.2 Å². The van der Waals surface area contributed by atoms with E-state index in [9.17, 15) is 14.4 Å². The van der Waals surface area contributed by atoms with Crippen LogP contribution in [-0.4, -0.2) is 65.6 Å². The van der Waals surface area contributed by atoms with E-state index in [0.29, 0.717) is 39.3 Å². The smallest absolute Gasteiger partial charge is 0.237 e.